The van der Waals surface area contributed by atoms with Gasteiger partial charge in [0.05, 0.1) is 5.69 Å². The zero-order valence-electron chi connectivity index (χ0n) is 11.9. The van der Waals surface area contributed by atoms with Gasteiger partial charge in [0.25, 0.3) is 0 Å². The lowest BCUT2D eigenvalue weighted by Crippen LogP contribution is -2.15. The van der Waals surface area contributed by atoms with Gasteiger partial charge in [0.15, 0.2) is 5.69 Å². The van der Waals surface area contributed by atoms with Gasteiger partial charge in [-0.2, -0.15) is 0 Å². The summed E-state index contributed by atoms with van der Waals surface area (Å²) < 4.78 is 0. The quantitative estimate of drug-likeness (QED) is 0.927. The molecule has 1 N–H and O–H groups in total. The second kappa shape index (κ2) is 5.74. The molecule has 0 aliphatic heterocycles. The lowest BCUT2D eigenvalue weighted by Gasteiger charge is -2.16. The number of carboxylic acids is 1. The van der Waals surface area contributed by atoms with Crippen LogP contribution < -0.4 is 4.90 Å². The molecule has 104 valence electrons. The summed E-state index contributed by atoms with van der Waals surface area (Å²) in [6, 6.07) is 10.1. The number of nitrogens with zero attached hydrogens (tertiary/aromatic N) is 2. The molecule has 4 heteroatoms. The molecule has 0 saturated heterocycles. The first-order chi connectivity index (χ1) is 9.52. The summed E-state index contributed by atoms with van der Waals surface area (Å²) in [5.41, 5.74) is 3.91. The minimum Gasteiger partial charge on any atom is -0.476 e. The van der Waals surface area contributed by atoms with Gasteiger partial charge in [-0.05, 0) is 23.6 Å². The predicted octanol–water partition coefficient (Wildman–Crippen LogP) is 3.08. The molecule has 0 saturated carbocycles. The normalized spacial score (nSPS) is 10.3. The van der Waals surface area contributed by atoms with Crippen LogP contribution in [0.2, 0.25) is 0 Å². The molecule has 4 nitrogen and oxygen atoms in total. The highest BCUT2D eigenvalue weighted by Crippen LogP contribution is 2.26. The molecular formula is C16H18N2O2. The summed E-state index contributed by atoms with van der Waals surface area (Å²) in [5, 5.41) is 9.17. The van der Waals surface area contributed by atoms with E-state index in [2.05, 4.69) is 24.0 Å². The van der Waals surface area contributed by atoms with Crippen molar-refractivity contribution in [2.75, 3.05) is 19.0 Å². The molecule has 1 heterocycles. The highest BCUT2D eigenvalue weighted by molar-refractivity contribution is 5.93. The number of carbonyl (C=O) groups is 1. The number of benzene rings is 1. The Balaban J connectivity index is 2.52. The van der Waals surface area contributed by atoms with Crippen molar-refractivity contribution in [2.24, 2.45) is 0 Å². The number of pyridine rings is 1. The van der Waals surface area contributed by atoms with Crippen LogP contribution >= 0.6 is 0 Å². The molecule has 0 bridgehead atoms. The molecule has 0 unspecified atom stereocenters. The number of aromatic nitrogens is 1. The van der Waals surface area contributed by atoms with E-state index < -0.39 is 5.97 Å². The third-order valence-electron chi connectivity index (χ3n) is 3.22. The summed E-state index contributed by atoms with van der Waals surface area (Å²) in [4.78, 5) is 17.0. The number of rotatable bonds is 4. The molecule has 1 aromatic carbocycles. The summed E-state index contributed by atoms with van der Waals surface area (Å²) in [7, 11) is 3.63. The summed E-state index contributed by atoms with van der Waals surface area (Å²) in [6.45, 7) is 2.11. The number of carboxylic acid groups (broad SMARTS) is 1. The van der Waals surface area contributed by atoms with E-state index in [1.165, 1.54) is 5.56 Å². The Morgan fingerprint density at radius 1 is 1.25 bits per heavy atom. The zero-order chi connectivity index (χ0) is 14.7. The van der Waals surface area contributed by atoms with Crippen LogP contribution in [0.25, 0.3) is 11.1 Å². The zero-order valence-corrected chi connectivity index (χ0v) is 11.9. The van der Waals surface area contributed by atoms with E-state index in [1.807, 2.05) is 32.3 Å². The number of hydrogen-bond donors (Lipinski definition) is 1. The van der Waals surface area contributed by atoms with Gasteiger partial charge in [0, 0.05) is 25.9 Å². The Morgan fingerprint density at radius 2 is 2.00 bits per heavy atom. The topological polar surface area (TPSA) is 53.4 Å². The second-order valence-corrected chi connectivity index (χ2v) is 4.85. The van der Waals surface area contributed by atoms with Crippen molar-refractivity contribution in [1.82, 2.24) is 4.98 Å². The van der Waals surface area contributed by atoms with Crippen molar-refractivity contribution in [1.29, 1.82) is 0 Å². The Labute approximate surface area is 118 Å². The van der Waals surface area contributed by atoms with Gasteiger partial charge in [-0.3, -0.25) is 0 Å². The van der Waals surface area contributed by atoms with Crippen molar-refractivity contribution in [3.05, 3.63) is 47.8 Å². The molecule has 20 heavy (non-hydrogen) atoms. The standard InChI is InChI=1S/C16H18N2O2/c1-4-11-6-5-7-12(8-11)13-9-14(18(2)3)15(16(19)20)17-10-13/h5-10H,4H2,1-3H3,(H,19,20). The Kier molecular flexibility index (Phi) is 4.03. The second-order valence-electron chi connectivity index (χ2n) is 4.85. The third-order valence-corrected chi connectivity index (χ3v) is 3.22. The number of anilines is 1. The van der Waals surface area contributed by atoms with E-state index in [-0.39, 0.29) is 5.69 Å². The lowest BCUT2D eigenvalue weighted by atomic mass is 10.0. The fraction of sp³-hybridized carbons (Fsp3) is 0.250. The molecule has 2 rings (SSSR count). The van der Waals surface area contributed by atoms with Crippen LogP contribution in [0.5, 0.6) is 0 Å². The lowest BCUT2D eigenvalue weighted by molar-refractivity contribution is 0.0691. The van der Waals surface area contributed by atoms with Gasteiger partial charge in [-0.25, -0.2) is 9.78 Å². The van der Waals surface area contributed by atoms with Gasteiger partial charge in [-0.1, -0.05) is 31.2 Å². The molecular weight excluding hydrogens is 252 g/mol. The van der Waals surface area contributed by atoms with Crippen molar-refractivity contribution in [3.63, 3.8) is 0 Å². The van der Waals surface area contributed by atoms with Crippen LogP contribution in [0, 0.1) is 0 Å². The van der Waals surface area contributed by atoms with E-state index in [4.69, 9.17) is 5.11 Å². The monoisotopic (exact) mass is 270 g/mol. The maximum atomic E-state index is 11.2. The highest BCUT2D eigenvalue weighted by atomic mass is 16.4. The molecule has 0 fully saturated rings. The average molecular weight is 270 g/mol. The Morgan fingerprint density at radius 3 is 2.60 bits per heavy atom. The first-order valence-electron chi connectivity index (χ1n) is 6.53. The van der Waals surface area contributed by atoms with Gasteiger partial charge >= 0.3 is 5.97 Å². The number of aryl methyl sites for hydroxylation is 1. The molecule has 0 radical (unpaired) electrons. The third kappa shape index (κ3) is 2.79. The van der Waals surface area contributed by atoms with Crippen LogP contribution in [-0.2, 0) is 6.42 Å². The van der Waals surface area contributed by atoms with Crippen LogP contribution in [0.1, 0.15) is 23.0 Å². The van der Waals surface area contributed by atoms with Crippen molar-refractivity contribution >= 4 is 11.7 Å². The summed E-state index contributed by atoms with van der Waals surface area (Å²) in [6.07, 6.45) is 2.58. The van der Waals surface area contributed by atoms with Crippen LogP contribution in [0.15, 0.2) is 36.5 Å². The fourth-order valence-corrected chi connectivity index (χ4v) is 2.09. The highest BCUT2D eigenvalue weighted by Gasteiger charge is 2.14. The Bertz CT molecular complexity index is 636. The predicted molar refractivity (Wildman–Crippen MR) is 80.3 cm³/mol. The van der Waals surface area contributed by atoms with Crippen LogP contribution in [0.4, 0.5) is 5.69 Å². The van der Waals surface area contributed by atoms with E-state index in [0.717, 1.165) is 17.5 Å². The van der Waals surface area contributed by atoms with Crippen molar-refractivity contribution < 1.29 is 9.90 Å². The van der Waals surface area contributed by atoms with Crippen molar-refractivity contribution in [3.8, 4) is 11.1 Å². The number of aromatic carboxylic acids is 1. The maximum absolute atomic E-state index is 11.2. The smallest absolute Gasteiger partial charge is 0.356 e. The molecule has 0 aliphatic carbocycles. The van der Waals surface area contributed by atoms with E-state index >= 15 is 0 Å². The van der Waals surface area contributed by atoms with Crippen LogP contribution in [0.3, 0.4) is 0 Å². The van der Waals surface area contributed by atoms with Crippen molar-refractivity contribution in [2.45, 2.75) is 13.3 Å². The Hall–Kier alpha value is -2.36. The van der Waals surface area contributed by atoms with Gasteiger partial charge in [-0.15, -0.1) is 0 Å². The molecule has 0 aliphatic rings. The van der Waals surface area contributed by atoms with E-state index in [9.17, 15) is 4.79 Å². The summed E-state index contributed by atoms with van der Waals surface area (Å²) in [5.74, 6) is -1.01. The van der Waals surface area contributed by atoms with E-state index in [1.54, 1.807) is 11.1 Å². The molecule has 0 atom stereocenters. The number of hydrogen-bond acceptors (Lipinski definition) is 3. The van der Waals surface area contributed by atoms with E-state index in [0.29, 0.717) is 5.69 Å². The van der Waals surface area contributed by atoms with Gasteiger partial charge in [0.2, 0.25) is 0 Å². The molecule has 2 aromatic rings. The molecule has 0 spiro atoms. The fourth-order valence-electron chi connectivity index (χ4n) is 2.09. The minimum absolute atomic E-state index is 0.0744. The SMILES string of the molecule is CCc1cccc(-c2cnc(C(=O)O)c(N(C)C)c2)c1. The minimum atomic E-state index is -1.01. The average Bonchev–Trinajstić information content (AvgIpc) is 2.46. The first kappa shape index (κ1) is 14.1. The molecule has 1 aromatic heterocycles. The van der Waals surface area contributed by atoms with Gasteiger partial charge in [0.1, 0.15) is 0 Å². The summed E-state index contributed by atoms with van der Waals surface area (Å²) >= 11 is 0. The van der Waals surface area contributed by atoms with Crippen LogP contribution in [-0.4, -0.2) is 30.2 Å². The first-order valence-corrected chi connectivity index (χ1v) is 6.53. The molecule has 0 amide bonds. The largest absolute Gasteiger partial charge is 0.476 e. The van der Waals surface area contributed by atoms with Gasteiger partial charge < -0.3 is 10.0 Å². The maximum Gasteiger partial charge on any atom is 0.356 e.